The summed E-state index contributed by atoms with van der Waals surface area (Å²) in [6, 6.07) is 0. The highest BCUT2D eigenvalue weighted by Gasteiger charge is 2.13. The standard InChI is InChI=1S/C19H32N6S.HI/c1-7-15-14(17(8-2)25(6)24-15)10-21-19(20-9-3)22-11-18-23-16(12-26-18)13(4)5;/h12-13H,7-11H2,1-6H3,(H2,20,21,22);1H. The van der Waals surface area contributed by atoms with Crippen LogP contribution in [0.25, 0.3) is 0 Å². The topological polar surface area (TPSA) is 67.1 Å². The predicted octanol–water partition coefficient (Wildman–Crippen LogP) is 4.00. The van der Waals surface area contributed by atoms with Crippen molar-refractivity contribution >= 4 is 41.3 Å². The number of guanidine groups is 1. The van der Waals surface area contributed by atoms with Gasteiger partial charge in [0.1, 0.15) is 5.01 Å². The van der Waals surface area contributed by atoms with Gasteiger partial charge in [-0.2, -0.15) is 5.10 Å². The molecule has 0 aliphatic rings. The fourth-order valence-electron chi connectivity index (χ4n) is 2.90. The van der Waals surface area contributed by atoms with Gasteiger partial charge in [-0.15, -0.1) is 35.3 Å². The van der Waals surface area contributed by atoms with Gasteiger partial charge >= 0.3 is 0 Å². The minimum absolute atomic E-state index is 0. The average molecular weight is 504 g/mol. The van der Waals surface area contributed by atoms with Crippen molar-refractivity contribution in [2.45, 2.75) is 66.5 Å². The molecule has 6 nitrogen and oxygen atoms in total. The lowest BCUT2D eigenvalue weighted by Crippen LogP contribution is -2.36. The third-order valence-corrected chi connectivity index (χ3v) is 5.20. The van der Waals surface area contributed by atoms with E-state index in [-0.39, 0.29) is 24.0 Å². The normalized spacial score (nSPS) is 11.6. The van der Waals surface area contributed by atoms with Crippen LogP contribution in [0.2, 0.25) is 0 Å². The van der Waals surface area contributed by atoms with E-state index in [1.54, 1.807) is 11.3 Å². The Kier molecular flexibility index (Phi) is 10.3. The maximum absolute atomic E-state index is 4.79. The van der Waals surface area contributed by atoms with Crippen molar-refractivity contribution in [2.24, 2.45) is 12.0 Å². The SMILES string of the molecule is CCNC(=NCc1c(CC)nn(C)c1CC)NCc1nc(C(C)C)cs1.I. The summed E-state index contributed by atoms with van der Waals surface area (Å²) in [6.07, 6.45) is 1.90. The summed E-state index contributed by atoms with van der Waals surface area (Å²) in [5.41, 5.74) is 4.82. The minimum atomic E-state index is 0. The van der Waals surface area contributed by atoms with Gasteiger partial charge in [-0.05, 0) is 25.7 Å². The smallest absolute Gasteiger partial charge is 0.191 e. The molecule has 8 heteroatoms. The molecule has 0 aliphatic carbocycles. The summed E-state index contributed by atoms with van der Waals surface area (Å²) in [5.74, 6) is 1.29. The van der Waals surface area contributed by atoms with Crippen molar-refractivity contribution < 1.29 is 0 Å². The maximum atomic E-state index is 4.79. The second-order valence-corrected chi connectivity index (χ2v) is 7.51. The molecule has 0 spiro atoms. The molecule has 0 saturated heterocycles. The van der Waals surface area contributed by atoms with E-state index in [1.165, 1.54) is 11.3 Å². The van der Waals surface area contributed by atoms with Gasteiger partial charge in [-0.25, -0.2) is 9.98 Å². The van der Waals surface area contributed by atoms with Crippen molar-refractivity contribution in [3.05, 3.63) is 33.0 Å². The highest BCUT2D eigenvalue weighted by atomic mass is 127. The molecule has 2 aromatic heterocycles. The number of aliphatic imine (C=N–C) groups is 1. The molecular weight excluding hydrogens is 471 g/mol. The van der Waals surface area contributed by atoms with Crippen LogP contribution < -0.4 is 10.6 Å². The lowest BCUT2D eigenvalue weighted by molar-refractivity contribution is 0.703. The zero-order valence-electron chi connectivity index (χ0n) is 17.3. The second kappa shape index (κ2) is 11.6. The van der Waals surface area contributed by atoms with Crippen molar-refractivity contribution in [2.75, 3.05) is 6.54 Å². The van der Waals surface area contributed by atoms with Crippen LogP contribution in [0.1, 0.15) is 68.2 Å². The molecule has 0 unspecified atom stereocenters. The molecular formula is C19H33IN6S. The summed E-state index contributed by atoms with van der Waals surface area (Å²) in [4.78, 5) is 9.47. The first-order valence-electron chi connectivity index (χ1n) is 9.50. The Morgan fingerprint density at radius 2 is 1.96 bits per heavy atom. The van der Waals surface area contributed by atoms with E-state index in [2.05, 4.69) is 60.7 Å². The molecule has 0 aromatic carbocycles. The van der Waals surface area contributed by atoms with Crippen LogP contribution in [0.5, 0.6) is 0 Å². The fourth-order valence-corrected chi connectivity index (χ4v) is 3.80. The second-order valence-electron chi connectivity index (χ2n) is 6.57. The largest absolute Gasteiger partial charge is 0.357 e. The van der Waals surface area contributed by atoms with Crippen molar-refractivity contribution in [3.63, 3.8) is 0 Å². The molecule has 0 saturated carbocycles. The van der Waals surface area contributed by atoms with E-state index in [0.717, 1.165) is 41.7 Å². The van der Waals surface area contributed by atoms with Crippen LogP contribution in [-0.2, 0) is 33.0 Å². The van der Waals surface area contributed by atoms with E-state index >= 15 is 0 Å². The average Bonchev–Trinajstić information content (AvgIpc) is 3.21. The molecule has 0 fully saturated rings. The van der Waals surface area contributed by atoms with Gasteiger partial charge in [0.05, 0.1) is 24.5 Å². The predicted molar refractivity (Wildman–Crippen MR) is 125 cm³/mol. The number of thiazole rings is 1. The molecule has 2 rings (SSSR count). The Bertz CT molecular complexity index is 735. The van der Waals surface area contributed by atoms with Gasteiger partial charge in [-0.3, -0.25) is 4.68 Å². The van der Waals surface area contributed by atoms with E-state index in [4.69, 9.17) is 4.99 Å². The molecule has 0 radical (unpaired) electrons. The van der Waals surface area contributed by atoms with Crippen LogP contribution in [-0.4, -0.2) is 27.3 Å². The third-order valence-electron chi connectivity index (χ3n) is 4.34. The first kappa shape index (κ1) is 23.9. The van der Waals surface area contributed by atoms with Gasteiger partial charge in [0.25, 0.3) is 0 Å². The molecule has 2 heterocycles. The lowest BCUT2D eigenvalue weighted by atomic mass is 10.1. The lowest BCUT2D eigenvalue weighted by Gasteiger charge is -2.10. The van der Waals surface area contributed by atoms with Crippen LogP contribution in [0.3, 0.4) is 0 Å². The quantitative estimate of drug-likeness (QED) is 0.324. The summed E-state index contributed by atoms with van der Waals surface area (Å²) in [5, 5.41) is 14.6. The van der Waals surface area contributed by atoms with Gasteiger partial charge in [0, 0.05) is 30.2 Å². The Morgan fingerprint density at radius 3 is 2.52 bits per heavy atom. The number of nitrogens with zero attached hydrogens (tertiary/aromatic N) is 4. The third kappa shape index (κ3) is 6.44. The van der Waals surface area contributed by atoms with Crippen molar-refractivity contribution in [1.82, 2.24) is 25.4 Å². The number of rotatable bonds is 8. The van der Waals surface area contributed by atoms with E-state index in [0.29, 0.717) is 19.0 Å². The molecule has 0 aliphatic heterocycles. The molecule has 2 N–H and O–H groups in total. The number of hydrogen-bond acceptors (Lipinski definition) is 4. The van der Waals surface area contributed by atoms with E-state index in [9.17, 15) is 0 Å². The van der Waals surface area contributed by atoms with Crippen LogP contribution in [0, 0.1) is 0 Å². The summed E-state index contributed by atoms with van der Waals surface area (Å²) < 4.78 is 1.99. The van der Waals surface area contributed by atoms with Gasteiger partial charge in [-0.1, -0.05) is 27.7 Å². The number of hydrogen-bond donors (Lipinski definition) is 2. The van der Waals surface area contributed by atoms with Crippen LogP contribution in [0.15, 0.2) is 10.4 Å². The van der Waals surface area contributed by atoms with Crippen LogP contribution >= 0.6 is 35.3 Å². The van der Waals surface area contributed by atoms with Crippen LogP contribution in [0.4, 0.5) is 0 Å². The summed E-state index contributed by atoms with van der Waals surface area (Å²) >= 11 is 1.70. The molecule has 0 amide bonds. The van der Waals surface area contributed by atoms with Gasteiger partial charge in [0.15, 0.2) is 5.96 Å². The zero-order chi connectivity index (χ0) is 19.1. The number of halogens is 1. The Balaban J connectivity index is 0.00000364. The summed E-state index contributed by atoms with van der Waals surface area (Å²) in [6.45, 7) is 12.9. The van der Waals surface area contributed by atoms with E-state index in [1.807, 2.05) is 11.7 Å². The minimum Gasteiger partial charge on any atom is -0.357 e. The van der Waals surface area contributed by atoms with Crippen molar-refractivity contribution in [1.29, 1.82) is 0 Å². The number of aryl methyl sites for hydroxylation is 2. The van der Waals surface area contributed by atoms with Gasteiger partial charge < -0.3 is 10.6 Å². The molecule has 0 bridgehead atoms. The monoisotopic (exact) mass is 504 g/mol. The molecule has 2 aromatic rings. The maximum Gasteiger partial charge on any atom is 0.191 e. The molecule has 27 heavy (non-hydrogen) atoms. The number of aromatic nitrogens is 3. The highest BCUT2D eigenvalue weighted by Crippen LogP contribution is 2.18. The molecule has 0 atom stereocenters. The first-order valence-corrected chi connectivity index (χ1v) is 10.4. The Labute approximate surface area is 184 Å². The van der Waals surface area contributed by atoms with Crippen molar-refractivity contribution in [3.8, 4) is 0 Å². The Hall–Kier alpha value is -1.16. The van der Waals surface area contributed by atoms with Gasteiger partial charge in [0.2, 0.25) is 0 Å². The number of nitrogens with one attached hydrogen (secondary N) is 2. The zero-order valence-corrected chi connectivity index (χ0v) is 20.4. The summed E-state index contributed by atoms with van der Waals surface area (Å²) in [7, 11) is 2.02. The van der Waals surface area contributed by atoms with E-state index < -0.39 is 0 Å². The Morgan fingerprint density at radius 1 is 1.22 bits per heavy atom. The first-order chi connectivity index (χ1) is 12.5. The highest BCUT2D eigenvalue weighted by molar-refractivity contribution is 14.0. The molecule has 152 valence electrons. The fraction of sp³-hybridized carbons (Fsp3) is 0.632.